The van der Waals surface area contributed by atoms with Crippen LogP contribution in [0.5, 0.6) is 0 Å². The van der Waals surface area contributed by atoms with Gasteiger partial charge in [0.25, 0.3) is 0 Å². The number of likely N-dealkylation sites (N-methyl/N-ethyl adjacent to an activating group) is 1. The van der Waals surface area contributed by atoms with Gasteiger partial charge in [0.05, 0.1) is 6.54 Å². The number of benzene rings is 2. The molecule has 1 heterocycles. The molecule has 30 heavy (non-hydrogen) atoms. The average molecular weight is 413 g/mol. The number of amides is 2. The monoisotopic (exact) mass is 413 g/mol. The molecule has 0 aliphatic carbocycles. The first kappa shape index (κ1) is 21.9. The lowest BCUT2D eigenvalue weighted by molar-refractivity contribution is 0.0903. The molecule has 0 radical (unpaired) electrons. The summed E-state index contributed by atoms with van der Waals surface area (Å²) in [6.07, 6.45) is 0. The Kier molecular flexibility index (Phi) is 7.54. The number of rotatable bonds is 7. The van der Waals surface area contributed by atoms with Crippen molar-refractivity contribution in [3.8, 4) is 0 Å². The van der Waals surface area contributed by atoms with Crippen LogP contribution in [-0.2, 0) is 13.2 Å². The van der Waals surface area contributed by atoms with Gasteiger partial charge in [-0.2, -0.15) is 0 Å². The van der Waals surface area contributed by atoms with E-state index in [2.05, 4.69) is 11.8 Å². The molecule has 6 nitrogen and oxygen atoms in total. The second-order valence-electron chi connectivity index (χ2n) is 7.37. The second kappa shape index (κ2) is 10.3. The van der Waals surface area contributed by atoms with E-state index in [9.17, 15) is 14.0 Å². The van der Waals surface area contributed by atoms with E-state index in [1.807, 2.05) is 11.0 Å². The maximum atomic E-state index is 13.4. The first-order chi connectivity index (χ1) is 14.5. The molecule has 2 amide bonds. The van der Waals surface area contributed by atoms with E-state index >= 15 is 0 Å². The van der Waals surface area contributed by atoms with Crippen LogP contribution in [0.15, 0.2) is 48.5 Å². The topological polar surface area (TPSA) is 64.1 Å². The number of carbonyl (C=O) groups excluding carboxylic acids is 2. The SMILES string of the molecule is CCN1CCN(C(=O)N(Cc2ccc(C(=O)CO)cc2)c2cccc(CF)c2)CC1. The van der Waals surface area contributed by atoms with Crippen molar-refractivity contribution < 1.29 is 19.1 Å². The molecular weight excluding hydrogens is 385 g/mol. The van der Waals surface area contributed by atoms with Gasteiger partial charge in [-0.1, -0.05) is 43.3 Å². The number of hydrogen-bond acceptors (Lipinski definition) is 4. The van der Waals surface area contributed by atoms with Crippen molar-refractivity contribution >= 4 is 17.5 Å². The Hall–Kier alpha value is -2.77. The summed E-state index contributed by atoms with van der Waals surface area (Å²) in [6.45, 7) is 5.20. The standard InChI is InChI=1S/C23H28FN3O3/c1-2-25-10-12-26(13-11-25)23(30)27(21-5-3-4-19(14-21)15-24)16-18-6-8-20(9-7-18)22(29)17-28/h3-9,14,28H,2,10-13,15-17H2,1H3. The molecule has 0 saturated carbocycles. The van der Waals surface area contributed by atoms with Crippen molar-refractivity contribution in [1.82, 2.24) is 9.80 Å². The zero-order chi connectivity index (χ0) is 21.5. The highest BCUT2D eigenvalue weighted by Crippen LogP contribution is 2.22. The molecule has 1 fully saturated rings. The maximum Gasteiger partial charge on any atom is 0.324 e. The van der Waals surface area contributed by atoms with Gasteiger partial charge in [-0.25, -0.2) is 9.18 Å². The fraction of sp³-hybridized carbons (Fsp3) is 0.391. The van der Waals surface area contributed by atoms with Crippen molar-refractivity contribution in [2.45, 2.75) is 20.1 Å². The van der Waals surface area contributed by atoms with E-state index < -0.39 is 13.3 Å². The normalized spacial score (nSPS) is 14.6. The molecule has 1 N–H and O–H groups in total. The van der Waals surface area contributed by atoms with Crippen LogP contribution in [0.2, 0.25) is 0 Å². The van der Waals surface area contributed by atoms with Crippen molar-refractivity contribution in [3.63, 3.8) is 0 Å². The zero-order valence-electron chi connectivity index (χ0n) is 17.3. The largest absolute Gasteiger partial charge is 0.388 e. The lowest BCUT2D eigenvalue weighted by Gasteiger charge is -2.37. The molecule has 2 aromatic carbocycles. The second-order valence-corrected chi connectivity index (χ2v) is 7.37. The number of carbonyl (C=O) groups is 2. The minimum Gasteiger partial charge on any atom is -0.388 e. The predicted octanol–water partition coefficient (Wildman–Crippen LogP) is 3.10. The summed E-state index contributed by atoms with van der Waals surface area (Å²) in [5.74, 6) is -0.348. The Balaban J connectivity index is 1.84. The van der Waals surface area contributed by atoms with Gasteiger partial charge in [0, 0.05) is 37.4 Å². The molecule has 0 spiro atoms. The van der Waals surface area contributed by atoms with Crippen molar-refractivity contribution in [1.29, 1.82) is 0 Å². The molecule has 160 valence electrons. The molecule has 1 aliphatic rings. The Morgan fingerprint density at radius 2 is 1.73 bits per heavy atom. The summed E-state index contributed by atoms with van der Waals surface area (Å²) in [5.41, 5.74) is 2.43. The van der Waals surface area contributed by atoms with Gasteiger partial charge in [0.15, 0.2) is 5.78 Å². The third kappa shape index (κ3) is 5.23. The summed E-state index contributed by atoms with van der Waals surface area (Å²) in [6, 6.07) is 13.7. The van der Waals surface area contributed by atoms with Crippen LogP contribution in [0.1, 0.15) is 28.4 Å². The average Bonchev–Trinajstić information content (AvgIpc) is 2.82. The highest BCUT2D eigenvalue weighted by atomic mass is 19.1. The van der Waals surface area contributed by atoms with Crippen LogP contribution >= 0.6 is 0 Å². The lowest BCUT2D eigenvalue weighted by Crippen LogP contribution is -2.52. The fourth-order valence-electron chi connectivity index (χ4n) is 3.57. The Bertz CT molecular complexity index is 864. The molecule has 1 aliphatic heterocycles. The number of nitrogens with zero attached hydrogens (tertiary/aromatic N) is 3. The van der Waals surface area contributed by atoms with E-state index in [-0.39, 0.29) is 11.8 Å². The number of aliphatic hydroxyl groups is 1. The van der Waals surface area contributed by atoms with Crippen LogP contribution in [0.4, 0.5) is 14.9 Å². The van der Waals surface area contributed by atoms with Crippen molar-refractivity contribution in [2.24, 2.45) is 0 Å². The number of aliphatic hydroxyl groups excluding tert-OH is 1. The number of piperazine rings is 1. The van der Waals surface area contributed by atoms with Gasteiger partial charge in [0.2, 0.25) is 0 Å². The van der Waals surface area contributed by atoms with Crippen molar-refractivity contribution in [2.75, 3.05) is 44.2 Å². The van der Waals surface area contributed by atoms with Gasteiger partial charge in [0.1, 0.15) is 13.3 Å². The molecule has 3 rings (SSSR count). The summed E-state index contributed by atoms with van der Waals surface area (Å²) in [4.78, 5) is 30.8. The van der Waals surface area contributed by atoms with E-state index in [0.29, 0.717) is 36.4 Å². The van der Waals surface area contributed by atoms with Crippen LogP contribution in [0.25, 0.3) is 0 Å². The van der Waals surface area contributed by atoms with E-state index in [4.69, 9.17) is 5.11 Å². The fourth-order valence-corrected chi connectivity index (χ4v) is 3.57. The highest BCUT2D eigenvalue weighted by molar-refractivity contribution is 5.97. The smallest absolute Gasteiger partial charge is 0.324 e. The quantitative estimate of drug-likeness (QED) is 0.709. The summed E-state index contributed by atoms with van der Waals surface area (Å²) in [7, 11) is 0. The van der Waals surface area contributed by atoms with Crippen LogP contribution < -0.4 is 4.90 Å². The molecule has 1 saturated heterocycles. The predicted molar refractivity (Wildman–Crippen MR) is 114 cm³/mol. The number of urea groups is 1. The number of ketones is 1. The summed E-state index contributed by atoms with van der Waals surface area (Å²) >= 11 is 0. The number of halogens is 1. The minimum absolute atomic E-state index is 0.114. The molecule has 7 heteroatoms. The highest BCUT2D eigenvalue weighted by Gasteiger charge is 2.26. The lowest BCUT2D eigenvalue weighted by atomic mass is 10.1. The van der Waals surface area contributed by atoms with Gasteiger partial charge < -0.3 is 14.9 Å². The molecule has 0 bridgehead atoms. The Morgan fingerprint density at radius 3 is 2.33 bits per heavy atom. The third-order valence-corrected chi connectivity index (χ3v) is 5.46. The first-order valence-electron chi connectivity index (χ1n) is 10.2. The summed E-state index contributed by atoms with van der Waals surface area (Å²) in [5, 5.41) is 9.01. The van der Waals surface area contributed by atoms with Gasteiger partial charge in [-0.05, 0) is 29.8 Å². The van der Waals surface area contributed by atoms with Gasteiger partial charge in [-0.3, -0.25) is 9.69 Å². The van der Waals surface area contributed by atoms with E-state index in [1.165, 1.54) is 0 Å². The minimum atomic E-state index is -0.594. The first-order valence-corrected chi connectivity index (χ1v) is 10.2. The number of anilines is 1. The van der Waals surface area contributed by atoms with Crippen LogP contribution in [0, 0.1) is 0 Å². The number of Topliss-reactive ketones (excluding diaryl/α,β-unsaturated/α-hetero) is 1. The Labute approximate surface area is 176 Å². The number of hydrogen-bond donors (Lipinski definition) is 1. The van der Waals surface area contributed by atoms with Crippen LogP contribution in [-0.4, -0.2) is 66.1 Å². The van der Waals surface area contributed by atoms with E-state index in [1.54, 1.807) is 47.4 Å². The molecule has 0 unspecified atom stereocenters. The maximum absolute atomic E-state index is 13.4. The molecule has 2 aromatic rings. The third-order valence-electron chi connectivity index (χ3n) is 5.46. The Morgan fingerprint density at radius 1 is 1.03 bits per heavy atom. The van der Waals surface area contributed by atoms with Crippen LogP contribution in [0.3, 0.4) is 0 Å². The van der Waals surface area contributed by atoms with E-state index in [0.717, 1.165) is 25.2 Å². The molecule has 0 aromatic heterocycles. The van der Waals surface area contributed by atoms with Gasteiger partial charge >= 0.3 is 6.03 Å². The number of alkyl halides is 1. The zero-order valence-corrected chi connectivity index (χ0v) is 17.3. The van der Waals surface area contributed by atoms with Gasteiger partial charge in [-0.15, -0.1) is 0 Å². The molecule has 0 atom stereocenters. The summed E-state index contributed by atoms with van der Waals surface area (Å²) < 4.78 is 13.2. The molecular formula is C23H28FN3O3. The van der Waals surface area contributed by atoms with Crippen molar-refractivity contribution in [3.05, 3.63) is 65.2 Å².